The first-order valence-corrected chi connectivity index (χ1v) is 3.48. The predicted molar refractivity (Wildman–Crippen MR) is 42.7 cm³/mol. The molecule has 0 heterocycles. The van der Waals surface area contributed by atoms with Crippen LogP contribution in [0.4, 0.5) is 0 Å². The Balaban J connectivity index is 3.06. The molecule has 0 atom stereocenters. The van der Waals surface area contributed by atoms with Crippen LogP contribution in [-0.2, 0) is 0 Å². The largest absolute Gasteiger partial charge is 0.192 e. The molecule has 0 aromatic heterocycles. The fourth-order valence-electron chi connectivity index (χ4n) is 0.475. The summed E-state index contributed by atoms with van der Waals surface area (Å²) in [6.45, 7) is 0. The Morgan fingerprint density at radius 3 is 2.78 bits per heavy atom. The van der Waals surface area contributed by atoms with E-state index in [0.29, 0.717) is 5.56 Å². The van der Waals surface area contributed by atoms with Gasteiger partial charge in [0.2, 0.25) is 0 Å². The second kappa shape index (κ2) is 2.83. The number of rotatable bonds is 0. The lowest BCUT2D eigenvalue weighted by atomic mass is 10.2. The SMILES string of the molecule is N#Cc1[c]cc(I)cc1. The van der Waals surface area contributed by atoms with Gasteiger partial charge in [-0.05, 0) is 40.8 Å². The topological polar surface area (TPSA) is 23.8 Å². The van der Waals surface area contributed by atoms with Gasteiger partial charge in [-0.3, -0.25) is 0 Å². The number of nitriles is 1. The summed E-state index contributed by atoms with van der Waals surface area (Å²) in [5.74, 6) is 0. The van der Waals surface area contributed by atoms with Gasteiger partial charge in [0, 0.05) is 9.64 Å². The molecule has 0 saturated carbocycles. The normalized spacial score (nSPS) is 8.44. The molecule has 0 spiro atoms. The molecule has 1 aromatic carbocycles. The molecule has 1 rings (SSSR count). The van der Waals surface area contributed by atoms with Gasteiger partial charge in [-0.25, -0.2) is 0 Å². The highest BCUT2D eigenvalue weighted by Gasteiger charge is 1.87. The van der Waals surface area contributed by atoms with Crippen molar-refractivity contribution in [3.8, 4) is 6.07 Å². The molecule has 1 radical (unpaired) electrons. The lowest BCUT2D eigenvalue weighted by molar-refractivity contribution is 1.47. The Morgan fingerprint density at radius 2 is 2.33 bits per heavy atom. The van der Waals surface area contributed by atoms with E-state index >= 15 is 0 Å². The molecular weight excluding hydrogens is 225 g/mol. The second-order valence-corrected chi connectivity index (χ2v) is 2.78. The molecule has 0 aliphatic heterocycles. The third kappa shape index (κ3) is 1.68. The molecular formula is C7H3IN. The molecule has 0 N–H and O–H groups in total. The Hall–Kier alpha value is -0.560. The van der Waals surface area contributed by atoms with Crippen molar-refractivity contribution in [2.24, 2.45) is 0 Å². The van der Waals surface area contributed by atoms with Crippen LogP contribution in [0.15, 0.2) is 18.2 Å². The van der Waals surface area contributed by atoms with Gasteiger partial charge in [-0.2, -0.15) is 5.26 Å². The maximum Gasteiger partial charge on any atom is 0.0998 e. The fourth-order valence-corrected chi connectivity index (χ4v) is 0.811. The van der Waals surface area contributed by atoms with Crippen molar-refractivity contribution in [1.29, 1.82) is 5.26 Å². The van der Waals surface area contributed by atoms with E-state index in [0.717, 1.165) is 3.57 Å². The zero-order chi connectivity index (χ0) is 6.69. The van der Waals surface area contributed by atoms with E-state index in [1.807, 2.05) is 12.1 Å². The average Bonchev–Trinajstić information content (AvgIpc) is 1.90. The highest BCUT2D eigenvalue weighted by atomic mass is 127. The number of hydrogen-bond donors (Lipinski definition) is 0. The monoisotopic (exact) mass is 228 g/mol. The van der Waals surface area contributed by atoms with Gasteiger partial charge >= 0.3 is 0 Å². The minimum absolute atomic E-state index is 0.593. The van der Waals surface area contributed by atoms with E-state index in [4.69, 9.17) is 5.26 Å². The molecule has 0 aliphatic carbocycles. The molecule has 1 aromatic rings. The van der Waals surface area contributed by atoms with E-state index in [-0.39, 0.29) is 0 Å². The molecule has 0 amide bonds. The summed E-state index contributed by atoms with van der Waals surface area (Å²) < 4.78 is 1.10. The molecule has 0 bridgehead atoms. The van der Waals surface area contributed by atoms with Crippen molar-refractivity contribution in [1.82, 2.24) is 0 Å². The van der Waals surface area contributed by atoms with E-state index in [2.05, 4.69) is 28.7 Å². The number of hydrogen-bond acceptors (Lipinski definition) is 1. The van der Waals surface area contributed by atoms with Crippen LogP contribution < -0.4 is 0 Å². The van der Waals surface area contributed by atoms with Crippen molar-refractivity contribution in [3.63, 3.8) is 0 Å². The summed E-state index contributed by atoms with van der Waals surface area (Å²) in [6, 6.07) is 10.2. The van der Waals surface area contributed by atoms with Crippen LogP contribution in [-0.4, -0.2) is 0 Å². The molecule has 0 fully saturated rings. The Bertz CT molecular complexity index is 232. The van der Waals surface area contributed by atoms with Gasteiger partial charge in [-0.15, -0.1) is 0 Å². The van der Waals surface area contributed by atoms with Crippen LogP contribution in [0.1, 0.15) is 5.56 Å². The van der Waals surface area contributed by atoms with E-state index in [1.54, 1.807) is 12.1 Å². The van der Waals surface area contributed by atoms with Gasteiger partial charge in [0.25, 0.3) is 0 Å². The highest BCUT2D eigenvalue weighted by Crippen LogP contribution is 2.03. The Kier molecular flexibility index (Phi) is 2.06. The van der Waals surface area contributed by atoms with Crippen molar-refractivity contribution >= 4 is 22.6 Å². The summed E-state index contributed by atoms with van der Waals surface area (Å²) in [4.78, 5) is 0. The zero-order valence-electron chi connectivity index (χ0n) is 4.56. The lowest BCUT2D eigenvalue weighted by Gasteiger charge is -1.85. The van der Waals surface area contributed by atoms with Crippen LogP contribution in [0.2, 0.25) is 0 Å². The molecule has 0 aliphatic rings. The summed E-state index contributed by atoms with van der Waals surface area (Å²) in [7, 11) is 0. The maximum atomic E-state index is 8.34. The second-order valence-electron chi connectivity index (χ2n) is 1.53. The van der Waals surface area contributed by atoms with E-state index < -0.39 is 0 Å². The third-order valence-electron chi connectivity index (χ3n) is 0.895. The first-order valence-electron chi connectivity index (χ1n) is 2.40. The van der Waals surface area contributed by atoms with Crippen molar-refractivity contribution in [2.45, 2.75) is 0 Å². The highest BCUT2D eigenvalue weighted by molar-refractivity contribution is 14.1. The molecule has 0 unspecified atom stereocenters. The lowest BCUT2D eigenvalue weighted by Crippen LogP contribution is -1.73. The van der Waals surface area contributed by atoms with Gasteiger partial charge in [0.05, 0.1) is 11.6 Å². The molecule has 9 heavy (non-hydrogen) atoms. The Labute approximate surface area is 67.5 Å². The standard InChI is InChI=1S/C7H3IN/c8-7-3-1-6(5-9)2-4-7/h1,3-4H. The van der Waals surface area contributed by atoms with Gasteiger partial charge in [-0.1, -0.05) is 0 Å². The van der Waals surface area contributed by atoms with Crippen molar-refractivity contribution < 1.29 is 0 Å². The van der Waals surface area contributed by atoms with Gasteiger partial charge < -0.3 is 0 Å². The van der Waals surface area contributed by atoms with Crippen LogP contribution in [0.3, 0.4) is 0 Å². The summed E-state index contributed by atoms with van der Waals surface area (Å²) in [6.07, 6.45) is 0. The molecule has 0 saturated heterocycles. The van der Waals surface area contributed by atoms with Crippen LogP contribution >= 0.6 is 22.6 Å². The number of nitrogens with zero attached hydrogens (tertiary/aromatic N) is 1. The summed E-state index contributed by atoms with van der Waals surface area (Å²) in [5.41, 5.74) is 0.593. The van der Waals surface area contributed by atoms with Gasteiger partial charge in [0.1, 0.15) is 0 Å². The van der Waals surface area contributed by atoms with Crippen LogP contribution in [0, 0.1) is 21.0 Å². The van der Waals surface area contributed by atoms with Crippen LogP contribution in [0.5, 0.6) is 0 Å². The summed E-state index contributed by atoms with van der Waals surface area (Å²) in [5, 5.41) is 8.34. The third-order valence-corrected chi connectivity index (χ3v) is 1.57. The van der Waals surface area contributed by atoms with Crippen molar-refractivity contribution in [2.75, 3.05) is 0 Å². The molecule has 2 heteroatoms. The van der Waals surface area contributed by atoms with E-state index in [9.17, 15) is 0 Å². The Morgan fingerprint density at radius 1 is 1.56 bits per heavy atom. The first-order chi connectivity index (χ1) is 4.33. The van der Waals surface area contributed by atoms with Crippen molar-refractivity contribution in [3.05, 3.63) is 33.4 Å². The maximum absolute atomic E-state index is 8.34. The minimum Gasteiger partial charge on any atom is -0.192 e. The predicted octanol–water partition coefficient (Wildman–Crippen LogP) is 1.96. The smallest absolute Gasteiger partial charge is 0.0998 e. The summed E-state index contributed by atoms with van der Waals surface area (Å²) >= 11 is 2.17. The molecule has 1 nitrogen and oxygen atoms in total. The number of halogens is 1. The quantitative estimate of drug-likeness (QED) is 0.622. The first kappa shape index (κ1) is 6.56. The average molecular weight is 228 g/mol. The zero-order valence-corrected chi connectivity index (χ0v) is 6.71. The fraction of sp³-hybridized carbons (Fsp3) is 0. The minimum atomic E-state index is 0.593. The van der Waals surface area contributed by atoms with Gasteiger partial charge in [0.15, 0.2) is 0 Å². The van der Waals surface area contributed by atoms with Crippen LogP contribution in [0.25, 0.3) is 0 Å². The van der Waals surface area contributed by atoms with E-state index in [1.165, 1.54) is 0 Å². The number of benzene rings is 1. The molecule has 43 valence electrons.